The van der Waals surface area contributed by atoms with Gasteiger partial charge in [0.1, 0.15) is 10.2 Å². The second-order valence-electron chi connectivity index (χ2n) is 3.64. The van der Waals surface area contributed by atoms with E-state index in [0.717, 1.165) is 0 Å². The highest BCUT2D eigenvalue weighted by Crippen LogP contribution is 2.65. The molecular weight excluding hydrogens is 322 g/mol. The van der Waals surface area contributed by atoms with Crippen molar-refractivity contribution < 1.29 is 14.3 Å². The molecule has 1 aliphatic rings. The average Bonchev–Trinajstić information content (AvgIpc) is 2.74. The number of hydrogen-bond acceptors (Lipinski definition) is 1. The van der Waals surface area contributed by atoms with Crippen LogP contribution in [0.15, 0.2) is 22.7 Å². The Labute approximate surface area is 109 Å². The maximum absolute atomic E-state index is 13.0. The Hall–Kier alpha value is -0.320. The standard InChI is InChI=1S/C10H6BrCl2FO2/c11-5-3-4(1-2-6(5)14)7-8(9(15)16)10(7,12)13/h1-3,7-8H,(H,15,16). The number of alkyl halides is 2. The summed E-state index contributed by atoms with van der Waals surface area (Å²) in [7, 11) is 0. The zero-order valence-electron chi connectivity index (χ0n) is 7.75. The highest BCUT2D eigenvalue weighted by Gasteiger charge is 2.68. The van der Waals surface area contributed by atoms with E-state index in [0.29, 0.717) is 5.56 Å². The molecule has 0 saturated heterocycles. The van der Waals surface area contributed by atoms with Crippen LogP contribution in [0.4, 0.5) is 4.39 Å². The number of hydrogen-bond donors (Lipinski definition) is 1. The number of carbonyl (C=O) groups is 1. The molecule has 2 unspecified atom stereocenters. The van der Waals surface area contributed by atoms with Crippen molar-refractivity contribution in [1.82, 2.24) is 0 Å². The molecule has 0 heterocycles. The van der Waals surface area contributed by atoms with Crippen LogP contribution in [0.25, 0.3) is 0 Å². The zero-order chi connectivity index (χ0) is 12.1. The van der Waals surface area contributed by atoms with Crippen molar-refractivity contribution in [2.75, 3.05) is 0 Å². The highest BCUT2D eigenvalue weighted by molar-refractivity contribution is 9.10. The summed E-state index contributed by atoms with van der Waals surface area (Å²) in [5, 5.41) is 8.89. The Morgan fingerprint density at radius 2 is 2.12 bits per heavy atom. The van der Waals surface area contributed by atoms with Crippen molar-refractivity contribution in [1.29, 1.82) is 0 Å². The van der Waals surface area contributed by atoms with Crippen LogP contribution in [-0.4, -0.2) is 15.4 Å². The van der Waals surface area contributed by atoms with Gasteiger partial charge in [0.25, 0.3) is 0 Å². The molecular formula is C10H6BrCl2FO2. The molecule has 86 valence electrons. The summed E-state index contributed by atoms with van der Waals surface area (Å²) in [6.45, 7) is 0. The lowest BCUT2D eigenvalue weighted by molar-refractivity contribution is -0.138. The highest BCUT2D eigenvalue weighted by atomic mass is 79.9. The van der Waals surface area contributed by atoms with Crippen molar-refractivity contribution in [3.63, 3.8) is 0 Å². The number of benzene rings is 1. The van der Waals surface area contributed by atoms with Crippen molar-refractivity contribution in [3.8, 4) is 0 Å². The summed E-state index contributed by atoms with van der Waals surface area (Å²) >= 11 is 14.8. The smallest absolute Gasteiger partial charge is 0.310 e. The first-order valence-corrected chi connectivity index (χ1v) is 5.96. The second-order valence-corrected chi connectivity index (χ2v) is 5.94. The third-order valence-corrected chi connectivity index (χ3v) is 4.17. The van der Waals surface area contributed by atoms with Gasteiger partial charge in [-0.2, -0.15) is 0 Å². The Kier molecular flexibility index (Phi) is 2.93. The SMILES string of the molecule is O=C(O)C1C(c2ccc(F)c(Br)c2)C1(Cl)Cl. The third kappa shape index (κ3) is 1.83. The number of carboxylic acid groups (broad SMARTS) is 1. The van der Waals surface area contributed by atoms with Gasteiger partial charge < -0.3 is 5.11 Å². The Bertz CT molecular complexity index is 464. The molecule has 1 N–H and O–H groups in total. The number of halogens is 4. The molecule has 1 aliphatic carbocycles. The van der Waals surface area contributed by atoms with Gasteiger partial charge >= 0.3 is 5.97 Å². The first-order valence-electron chi connectivity index (χ1n) is 4.41. The van der Waals surface area contributed by atoms with Crippen LogP contribution in [0.1, 0.15) is 11.5 Å². The molecule has 2 rings (SSSR count). The van der Waals surface area contributed by atoms with Gasteiger partial charge in [-0.25, -0.2) is 4.39 Å². The van der Waals surface area contributed by atoms with Crippen molar-refractivity contribution in [2.45, 2.75) is 10.3 Å². The molecule has 0 amide bonds. The van der Waals surface area contributed by atoms with Crippen LogP contribution in [0.3, 0.4) is 0 Å². The van der Waals surface area contributed by atoms with E-state index in [1.165, 1.54) is 18.2 Å². The maximum Gasteiger partial charge on any atom is 0.310 e. The van der Waals surface area contributed by atoms with E-state index in [9.17, 15) is 9.18 Å². The molecule has 0 aromatic heterocycles. The fraction of sp³-hybridized carbons (Fsp3) is 0.300. The van der Waals surface area contributed by atoms with Gasteiger partial charge in [0.2, 0.25) is 0 Å². The molecule has 1 aromatic carbocycles. The lowest BCUT2D eigenvalue weighted by atomic mass is 10.1. The molecule has 1 aromatic rings. The average molecular weight is 328 g/mol. The lowest BCUT2D eigenvalue weighted by Crippen LogP contribution is -2.03. The predicted octanol–water partition coefficient (Wildman–Crippen LogP) is 3.56. The van der Waals surface area contributed by atoms with Gasteiger partial charge in [0.05, 0.1) is 10.4 Å². The fourth-order valence-electron chi connectivity index (χ4n) is 1.75. The maximum atomic E-state index is 13.0. The van der Waals surface area contributed by atoms with E-state index in [1.807, 2.05) is 0 Å². The molecule has 0 bridgehead atoms. The fourth-order valence-corrected chi connectivity index (χ4v) is 2.97. The first-order chi connectivity index (χ1) is 7.35. The van der Waals surface area contributed by atoms with Gasteiger partial charge in [-0.1, -0.05) is 29.3 Å². The molecule has 1 fully saturated rings. The van der Waals surface area contributed by atoms with Crippen LogP contribution >= 0.6 is 39.1 Å². The van der Waals surface area contributed by atoms with Crippen LogP contribution in [0, 0.1) is 11.7 Å². The minimum Gasteiger partial charge on any atom is -0.481 e. The van der Waals surface area contributed by atoms with Crippen LogP contribution in [0.2, 0.25) is 0 Å². The van der Waals surface area contributed by atoms with E-state index in [4.69, 9.17) is 28.3 Å². The first kappa shape index (κ1) is 12.1. The van der Waals surface area contributed by atoms with E-state index in [1.54, 1.807) is 0 Å². The van der Waals surface area contributed by atoms with Gasteiger partial charge in [0.15, 0.2) is 0 Å². The summed E-state index contributed by atoms with van der Waals surface area (Å²) in [5.41, 5.74) is 0.616. The molecule has 0 spiro atoms. The summed E-state index contributed by atoms with van der Waals surface area (Å²) in [6, 6.07) is 4.25. The minimum atomic E-state index is -1.30. The summed E-state index contributed by atoms with van der Waals surface area (Å²) in [5.74, 6) is -2.79. The number of aliphatic carboxylic acids is 1. The molecule has 0 aliphatic heterocycles. The molecule has 2 nitrogen and oxygen atoms in total. The van der Waals surface area contributed by atoms with Crippen molar-refractivity contribution in [3.05, 3.63) is 34.1 Å². The third-order valence-electron chi connectivity index (χ3n) is 2.62. The topological polar surface area (TPSA) is 37.3 Å². The normalized spacial score (nSPS) is 26.5. The summed E-state index contributed by atoms with van der Waals surface area (Å²) in [4.78, 5) is 10.9. The van der Waals surface area contributed by atoms with Crippen LogP contribution in [0.5, 0.6) is 0 Å². The monoisotopic (exact) mass is 326 g/mol. The van der Waals surface area contributed by atoms with Gasteiger partial charge in [-0.3, -0.25) is 4.79 Å². The van der Waals surface area contributed by atoms with Crippen LogP contribution in [-0.2, 0) is 4.79 Å². The summed E-state index contributed by atoms with van der Waals surface area (Å²) in [6.07, 6.45) is 0. The number of carboxylic acids is 1. The Morgan fingerprint density at radius 1 is 1.50 bits per heavy atom. The van der Waals surface area contributed by atoms with E-state index >= 15 is 0 Å². The molecule has 6 heteroatoms. The molecule has 16 heavy (non-hydrogen) atoms. The molecule has 2 atom stereocenters. The lowest BCUT2D eigenvalue weighted by Gasteiger charge is -2.01. The summed E-state index contributed by atoms with van der Waals surface area (Å²) < 4.78 is 12.0. The Morgan fingerprint density at radius 3 is 2.56 bits per heavy atom. The predicted molar refractivity (Wildman–Crippen MR) is 62.4 cm³/mol. The molecule has 0 radical (unpaired) electrons. The quantitative estimate of drug-likeness (QED) is 0.843. The van der Waals surface area contributed by atoms with E-state index in [2.05, 4.69) is 15.9 Å². The minimum absolute atomic E-state index is 0.269. The Balaban J connectivity index is 2.33. The van der Waals surface area contributed by atoms with Crippen LogP contribution < -0.4 is 0 Å². The van der Waals surface area contributed by atoms with Gasteiger partial charge in [-0.05, 0) is 33.6 Å². The van der Waals surface area contributed by atoms with E-state index in [-0.39, 0.29) is 4.47 Å². The number of rotatable bonds is 2. The molecule has 1 saturated carbocycles. The van der Waals surface area contributed by atoms with Gasteiger partial charge in [0, 0.05) is 5.92 Å². The van der Waals surface area contributed by atoms with Gasteiger partial charge in [-0.15, -0.1) is 0 Å². The second kappa shape index (κ2) is 3.86. The largest absolute Gasteiger partial charge is 0.481 e. The zero-order valence-corrected chi connectivity index (χ0v) is 10.9. The van der Waals surface area contributed by atoms with Crippen molar-refractivity contribution in [2.24, 2.45) is 5.92 Å². The van der Waals surface area contributed by atoms with Crippen molar-refractivity contribution >= 4 is 45.1 Å². The van der Waals surface area contributed by atoms with E-state index < -0.39 is 28.0 Å².